The zero-order valence-electron chi connectivity index (χ0n) is 12.9. The van der Waals surface area contributed by atoms with Crippen molar-refractivity contribution < 1.29 is 4.74 Å². The van der Waals surface area contributed by atoms with E-state index in [0.717, 1.165) is 10.6 Å². The average molecular weight is 359 g/mol. The number of ether oxygens (including phenoxy) is 1. The van der Waals surface area contributed by atoms with E-state index < -0.39 is 0 Å². The van der Waals surface area contributed by atoms with Crippen LogP contribution < -0.4 is 15.2 Å². The second-order valence-electron chi connectivity index (χ2n) is 4.83. The third-order valence-electron chi connectivity index (χ3n) is 3.21. The molecule has 0 aliphatic rings. The highest BCUT2D eigenvalue weighted by Gasteiger charge is 2.12. The molecule has 122 valence electrons. The number of nitrogens with zero attached hydrogens (tertiary/aromatic N) is 2. The molecule has 3 N–H and O–H groups in total. The summed E-state index contributed by atoms with van der Waals surface area (Å²) >= 11 is 7.65. The zero-order valence-corrected chi connectivity index (χ0v) is 14.4. The summed E-state index contributed by atoms with van der Waals surface area (Å²) < 4.78 is 8.54. The molecular weight excluding hydrogens is 344 g/mol. The van der Waals surface area contributed by atoms with Crippen molar-refractivity contribution in [2.45, 2.75) is 5.03 Å². The lowest BCUT2D eigenvalue weighted by Crippen LogP contribution is -1.97. The van der Waals surface area contributed by atoms with Crippen LogP contribution in [0.15, 0.2) is 59.6 Å². The van der Waals surface area contributed by atoms with Gasteiger partial charge >= 0.3 is 0 Å². The van der Waals surface area contributed by atoms with Crippen molar-refractivity contribution >= 4 is 35.2 Å². The number of nitrogens with one attached hydrogen (secondary N) is 1. The van der Waals surface area contributed by atoms with E-state index in [4.69, 9.17) is 22.1 Å². The minimum absolute atomic E-state index is 0.473. The van der Waals surface area contributed by atoms with Crippen molar-refractivity contribution in [1.82, 2.24) is 9.97 Å². The molecule has 0 radical (unpaired) electrons. The van der Waals surface area contributed by atoms with Crippen molar-refractivity contribution in [2.24, 2.45) is 0 Å². The number of hydrogen-bond acceptors (Lipinski definition) is 6. The second-order valence-corrected chi connectivity index (χ2v) is 6.07. The number of halogens is 1. The Morgan fingerprint density at radius 1 is 1.04 bits per heavy atom. The van der Waals surface area contributed by atoms with Crippen LogP contribution in [-0.4, -0.2) is 17.1 Å². The molecule has 0 spiro atoms. The van der Waals surface area contributed by atoms with E-state index in [1.54, 1.807) is 25.3 Å². The Balaban J connectivity index is 1.86. The Labute approximate surface area is 149 Å². The Morgan fingerprint density at radius 3 is 2.67 bits per heavy atom. The standard InChI is InChI=1S/C17H15ClN4OS/c1-23-13-6-3-2-5-11(13)17-12(18)9-10-15(21-17)22-24-16-8-4-7-14(19)20-16/h2-10H,1H3,(H2,19,20)(H,21,22). The van der Waals surface area contributed by atoms with Crippen LogP contribution >= 0.6 is 23.5 Å². The molecule has 1 aromatic carbocycles. The third-order valence-corrected chi connectivity index (χ3v) is 4.27. The molecular formula is C17H15ClN4OS. The van der Waals surface area contributed by atoms with Gasteiger partial charge in [0.15, 0.2) is 0 Å². The smallest absolute Gasteiger partial charge is 0.136 e. The van der Waals surface area contributed by atoms with Gasteiger partial charge in [-0.15, -0.1) is 0 Å². The number of pyridine rings is 2. The Bertz CT molecular complexity index is 859. The number of rotatable bonds is 5. The van der Waals surface area contributed by atoms with Crippen molar-refractivity contribution in [2.75, 3.05) is 17.6 Å². The highest BCUT2D eigenvalue weighted by molar-refractivity contribution is 8.00. The minimum atomic E-state index is 0.473. The molecule has 0 saturated carbocycles. The van der Waals surface area contributed by atoms with Gasteiger partial charge < -0.3 is 15.2 Å². The van der Waals surface area contributed by atoms with E-state index in [9.17, 15) is 0 Å². The quantitative estimate of drug-likeness (QED) is 0.654. The summed E-state index contributed by atoms with van der Waals surface area (Å²) in [6, 6.07) is 16.7. The van der Waals surface area contributed by atoms with Crippen molar-refractivity contribution in [3.8, 4) is 17.0 Å². The van der Waals surface area contributed by atoms with Crippen LogP contribution in [0.25, 0.3) is 11.3 Å². The summed E-state index contributed by atoms with van der Waals surface area (Å²) in [6.45, 7) is 0. The van der Waals surface area contributed by atoms with E-state index in [2.05, 4.69) is 14.7 Å². The molecule has 3 rings (SSSR count). The van der Waals surface area contributed by atoms with E-state index in [-0.39, 0.29) is 0 Å². The number of nitrogens with two attached hydrogens (primary N) is 1. The topological polar surface area (TPSA) is 73.1 Å². The number of nitrogen functional groups attached to an aromatic ring is 1. The van der Waals surface area contributed by atoms with Crippen LogP contribution in [0.5, 0.6) is 5.75 Å². The van der Waals surface area contributed by atoms with Gasteiger partial charge in [-0.1, -0.05) is 29.8 Å². The number of anilines is 2. The van der Waals surface area contributed by atoms with E-state index in [1.165, 1.54) is 11.9 Å². The molecule has 0 bridgehead atoms. The largest absolute Gasteiger partial charge is 0.496 e. The summed E-state index contributed by atoms with van der Waals surface area (Å²) in [4.78, 5) is 8.80. The summed E-state index contributed by atoms with van der Waals surface area (Å²) in [5.41, 5.74) is 7.17. The number of aromatic nitrogens is 2. The molecule has 3 aromatic rings. The molecule has 5 nitrogen and oxygen atoms in total. The van der Waals surface area contributed by atoms with Crippen LogP contribution in [0.4, 0.5) is 11.6 Å². The number of hydrogen-bond donors (Lipinski definition) is 2. The molecule has 2 aromatic heterocycles. The Morgan fingerprint density at radius 2 is 1.88 bits per heavy atom. The maximum Gasteiger partial charge on any atom is 0.136 e. The van der Waals surface area contributed by atoms with Gasteiger partial charge in [-0.25, -0.2) is 9.97 Å². The lowest BCUT2D eigenvalue weighted by Gasteiger charge is -2.11. The van der Waals surface area contributed by atoms with Gasteiger partial charge in [-0.3, -0.25) is 0 Å². The van der Waals surface area contributed by atoms with Crippen molar-refractivity contribution in [1.29, 1.82) is 0 Å². The summed E-state index contributed by atoms with van der Waals surface area (Å²) in [7, 11) is 1.62. The van der Waals surface area contributed by atoms with Crippen LogP contribution in [0.1, 0.15) is 0 Å². The van der Waals surface area contributed by atoms with Gasteiger partial charge in [0, 0.05) is 17.5 Å². The first-order valence-corrected chi connectivity index (χ1v) is 8.32. The number of para-hydroxylation sites is 1. The van der Waals surface area contributed by atoms with Crippen LogP contribution in [0.2, 0.25) is 5.02 Å². The van der Waals surface area contributed by atoms with Crippen LogP contribution in [-0.2, 0) is 0 Å². The fraction of sp³-hybridized carbons (Fsp3) is 0.0588. The molecule has 0 atom stereocenters. The van der Waals surface area contributed by atoms with Gasteiger partial charge in [-0.05, 0) is 36.4 Å². The van der Waals surface area contributed by atoms with E-state index >= 15 is 0 Å². The molecule has 24 heavy (non-hydrogen) atoms. The minimum Gasteiger partial charge on any atom is -0.496 e. The van der Waals surface area contributed by atoms with Gasteiger partial charge in [-0.2, -0.15) is 0 Å². The summed E-state index contributed by atoms with van der Waals surface area (Å²) in [5, 5.41) is 1.31. The van der Waals surface area contributed by atoms with E-state index in [1.807, 2.05) is 36.4 Å². The Kier molecular flexibility index (Phi) is 5.08. The van der Waals surface area contributed by atoms with Crippen LogP contribution in [0, 0.1) is 0 Å². The van der Waals surface area contributed by atoms with E-state index in [0.29, 0.717) is 28.1 Å². The average Bonchev–Trinajstić information content (AvgIpc) is 2.61. The monoisotopic (exact) mass is 358 g/mol. The van der Waals surface area contributed by atoms with Gasteiger partial charge in [0.05, 0.1) is 17.8 Å². The number of methoxy groups -OCH3 is 1. The summed E-state index contributed by atoms with van der Waals surface area (Å²) in [5.74, 6) is 1.85. The first-order valence-electron chi connectivity index (χ1n) is 7.12. The zero-order chi connectivity index (χ0) is 16.9. The first kappa shape index (κ1) is 16.4. The number of benzene rings is 1. The fourth-order valence-corrected chi connectivity index (χ4v) is 2.95. The maximum atomic E-state index is 6.32. The van der Waals surface area contributed by atoms with Crippen LogP contribution in [0.3, 0.4) is 0 Å². The molecule has 0 amide bonds. The molecule has 0 unspecified atom stereocenters. The highest BCUT2D eigenvalue weighted by atomic mass is 35.5. The Hall–Kier alpha value is -2.44. The highest BCUT2D eigenvalue weighted by Crippen LogP contribution is 2.34. The molecule has 7 heteroatoms. The van der Waals surface area contributed by atoms with Crippen molar-refractivity contribution in [3.05, 3.63) is 59.6 Å². The fourth-order valence-electron chi connectivity index (χ4n) is 2.12. The molecule has 0 saturated heterocycles. The molecule has 0 fully saturated rings. The molecule has 0 aliphatic carbocycles. The third kappa shape index (κ3) is 3.72. The predicted molar refractivity (Wildman–Crippen MR) is 99.4 cm³/mol. The van der Waals surface area contributed by atoms with Crippen molar-refractivity contribution in [3.63, 3.8) is 0 Å². The first-order chi connectivity index (χ1) is 11.7. The normalized spacial score (nSPS) is 10.4. The molecule has 2 heterocycles. The van der Waals surface area contributed by atoms with Gasteiger partial charge in [0.25, 0.3) is 0 Å². The lowest BCUT2D eigenvalue weighted by atomic mass is 10.1. The predicted octanol–water partition coefficient (Wildman–Crippen LogP) is 4.51. The SMILES string of the molecule is COc1ccccc1-c1nc(NSc2cccc(N)n2)ccc1Cl. The summed E-state index contributed by atoms with van der Waals surface area (Å²) in [6.07, 6.45) is 0. The molecule has 0 aliphatic heterocycles. The second kappa shape index (κ2) is 7.42. The van der Waals surface area contributed by atoms with Gasteiger partial charge in [0.1, 0.15) is 22.4 Å². The van der Waals surface area contributed by atoms with Gasteiger partial charge in [0.2, 0.25) is 0 Å². The maximum absolute atomic E-state index is 6.32. The lowest BCUT2D eigenvalue weighted by molar-refractivity contribution is 0.416.